The number of benzene rings is 1. The lowest BCUT2D eigenvalue weighted by atomic mass is 10.2. The van der Waals surface area contributed by atoms with Gasteiger partial charge in [-0.05, 0) is 6.07 Å². The van der Waals surface area contributed by atoms with Crippen LogP contribution in [0.3, 0.4) is 0 Å². The Morgan fingerprint density at radius 2 is 2.00 bits per heavy atom. The smallest absolute Gasteiger partial charge is 0.335 e. The van der Waals surface area contributed by atoms with E-state index in [4.69, 9.17) is 19.7 Å². The zero-order valence-corrected chi connectivity index (χ0v) is 8.31. The second-order valence-corrected chi connectivity index (χ2v) is 2.50. The van der Waals surface area contributed by atoms with Gasteiger partial charge in [0.05, 0.1) is 13.7 Å². The van der Waals surface area contributed by atoms with Crippen molar-refractivity contribution < 1.29 is 24.1 Å². The second kappa shape index (κ2) is 7.75. The number of rotatable bonds is 3. The molecule has 0 spiro atoms. The van der Waals surface area contributed by atoms with E-state index in [-0.39, 0.29) is 6.61 Å². The Kier molecular flexibility index (Phi) is 6.92. The molecule has 1 aromatic carbocycles. The van der Waals surface area contributed by atoms with Gasteiger partial charge in [0, 0.05) is 5.56 Å². The number of carbonyl (C=O) groups is 1. The van der Waals surface area contributed by atoms with Gasteiger partial charge in [-0.2, -0.15) is 0 Å². The molecular weight excluding hydrogens is 203 g/mol. The van der Waals surface area contributed by atoms with Gasteiger partial charge in [-0.25, -0.2) is 9.18 Å². The van der Waals surface area contributed by atoms with Gasteiger partial charge >= 0.3 is 5.97 Å². The first-order valence-corrected chi connectivity index (χ1v) is 4.16. The molecule has 0 amide bonds. The lowest BCUT2D eigenvalue weighted by Crippen LogP contribution is -1.93. The number of aliphatic hydroxyl groups is 1. The topological polar surface area (TPSA) is 66.8 Å². The fourth-order valence-corrected chi connectivity index (χ4v) is 0.834. The number of methoxy groups -OCH3 is 1. The van der Waals surface area contributed by atoms with Crippen molar-refractivity contribution in [3.05, 3.63) is 29.8 Å². The standard InChI is InChI=1S/C8H10O2.C2H3FO2/c1-10-8-5-3-2-4-7(8)6-9;3-1-2(4)5/h2-5,9H,6H2,1H3;1H2,(H,4,5). The maximum absolute atomic E-state index is 10.5. The summed E-state index contributed by atoms with van der Waals surface area (Å²) >= 11 is 0. The third-order valence-electron chi connectivity index (χ3n) is 1.48. The van der Waals surface area contributed by atoms with Gasteiger partial charge in [-0.1, -0.05) is 18.2 Å². The highest BCUT2D eigenvalue weighted by Crippen LogP contribution is 2.16. The van der Waals surface area contributed by atoms with Crippen LogP contribution in [0.4, 0.5) is 4.39 Å². The first-order chi connectivity index (χ1) is 7.15. The summed E-state index contributed by atoms with van der Waals surface area (Å²) < 4.78 is 15.5. The van der Waals surface area contributed by atoms with Crippen LogP contribution < -0.4 is 4.74 Å². The first-order valence-electron chi connectivity index (χ1n) is 4.16. The minimum atomic E-state index is -1.41. The molecule has 0 atom stereocenters. The maximum atomic E-state index is 10.5. The molecule has 0 saturated heterocycles. The third kappa shape index (κ3) is 5.64. The summed E-state index contributed by atoms with van der Waals surface area (Å²) in [5.41, 5.74) is 0.824. The van der Waals surface area contributed by atoms with Gasteiger partial charge in [0.2, 0.25) is 0 Å². The number of alkyl halides is 1. The van der Waals surface area contributed by atoms with Gasteiger partial charge in [0.1, 0.15) is 5.75 Å². The summed E-state index contributed by atoms with van der Waals surface area (Å²) in [4.78, 5) is 8.99. The summed E-state index contributed by atoms with van der Waals surface area (Å²) in [5, 5.41) is 16.1. The monoisotopic (exact) mass is 216 g/mol. The van der Waals surface area contributed by atoms with Crippen molar-refractivity contribution in [2.45, 2.75) is 6.61 Å². The highest BCUT2D eigenvalue weighted by atomic mass is 19.1. The molecule has 15 heavy (non-hydrogen) atoms. The van der Waals surface area contributed by atoms with Crippen LogP contribution in [0.1, 0.15) is 5.56 Å². The zero-order chi connectivity index (χ0) is 11.7. The van der Waals surface area contributed by atoms with E-state index in [2.05, 4.69) is 0 Å². The minimum absolute atomic E-state index is 0.0318. The molecule has 84 valence electrons. The van der Waals surface area contributed by atoms with E-state index in [1.54, 1.807) is 7.11 Å². The number of carboxylic acid groups (broad SMARTS) is 1. The van der Waals surface area contributed by atoms with E-state index in [0.29, 0.717) is 0 Å². The van der Waals surface area contributed by atoms with Crippen LogP contribution in [-0.4, -0.2) is 30.0 Å². The summed E-state index contributed by atoms with van der Waals surface area (Å²) in [7, 11) is 1.59. The molecule has 0 aromatic heterocycles. The van der Waals surface area contributed by atoms with Crippen LogP contribution in [0.2, 0.25) is 0 Å². The number of hydrogen-bond acceptors (Lipinski definition) is 3. The predicted molar refractivity (Wildman–Crippen MR) is 52.5 cm³/mol. The van der Waals surface area contributed by atoms with Crippen molar-refractivity contribution in [2.24, 2.45) is 0 Å². The Balaban J connectivity index is 0.000000336. The molecule has 0 saturated carbocycles. The predicted octanol–water partition coefficient (Wildman–Crippen LogP) is 1.23. The van der Waals surface area contributed by atoms with E-state index in [1.165, 1.54) is 0 Å². The molecule has 0 aliphatic heterocycles. The summed E-state index contributed by atoms with van der Waals surface area (Å²) in [6, 6.07) is 7.40. The summed E-state index contributed by atoms with van der Waals surface area (Å²) in [5.74, 6) is -0.671. The number of aliphatic hydroxyl groups excluding tert-OH is 1. The van der Waals surface area contributed by atoms with E-state index in [1.807, 2.05) is 24.3 Å². The van der Waals surface area contributed by atoms with Gasteiger partial charge in [0.15, 0.2) is 6.67 Å². The fraction of sp³-hybridized carbons (Fsp3) is 0.300. The van der Waals surface area contributed by atoms with Crippen molar-refractivity contribution in [3.8, 4) is 5.75 Å². The molecule has 1 aromatic rings. The fourth-order valence-electron chi connectivity index (χ4n) is 0.834. The molecule has 0 bridgehead atoms. The van der Waals surface area contributed by atoms with Crippen LogP contribution in [0.5, 0.6) is 5.75 Å². The molecule has 0 fully saturated rings. The Bertz CT molecular complexity index is 278. The molecule has 0 aliphatic carbocycles. The molecule has 4 nitrogen and oxygen atoms in total. The van der Waals surface area contributed by atoms with Gasteiger partial charge < -0.3 is 14.9 Å². The van der Waals surface area contributed by atoms with Gasteiger partial charge in [0.25, 0.3) is 0 Å². The van der Waals surface area contributed by atoms with E-state index in [0.717, 1.165) is 11.3 Å². The van der Waals surface area contributed by atoms with Crippen LogP contribution >= 0.6 is 0 Å². The highest BCUT2D eigenvalue weighted by Gasteiger charge is 1.96. The molecular formula is C10H13FO4. The van der Waals surface area contributed by atoms with E-state index in [9.17, 15) is 4.39 Å². The van der Waals surface area contributed by atoms with Crippen molar-refractivity contribution >= 4 is 5.97 Å². The van der Waals surface area contributed by atoms with Gasteiger partial charge in [-0.15, -0.1) is 0 Å². The Morgan fingerprint density at radius 1 is 1.47 bits per heavy atom. The number of ether oxygens (including phenoxy) is 1. The Morgan fingerprint density at radius 3 is 2.33 bits per heavy atom. The highest BCUT2D eigenvalue weighted by molar-refractivity contribution is 5.67. The molecule has 0 unspecified atom stereocenters. The lowest BCUT2D eigenvalue weighted by Gasteiger charge is -2.03. The van der Waals surface area contributed by atoms with Crippen LogP contribution in [0.25, 0.3) is 0 Å². The average molecular weight is 216 g/mol. The number of aliphatic carboxylic acids is 1. The number of hydrogen-bond donors (Lipinski definition) is 2. The van der Waals surface area contributed by atoms with E-state index >= 15 is 0 Å². The summed E-state index contributed by atoms with van der Waals surface area (Å²) in [6.45, 7) is -1.25. The summed E-state index contributed by atoms with van der Waals surface area (Å²) in [6.07, 6.45) is 0. The molecule has 0 radical (unpaired) electrons. The third-order valence-corrected chi connectivity index (χ3v) is 1.48. The molecule has 0 heterocycles. The van der Waals surface area contributed by atoms with Crippen LogP contribution in [0.15, 0.2) is 24.3 Å². The van der Waals surface area contributed by atoms with Crippen molar-refractivity contribution in [3.63, 3.8) is 0 Å². The molecule has 5 heteroatoms. The SMILES string of the molecule is COc1ccccc1CO.O=C(O)CF. The maximum Gasteiger partial charge on any atom is 0.335 e. The molecule has 0 aliphatic rings. The van der Waals surface area contributed by atoms with Crippen molar-refractivity contribution in [1.29, 1.82) is 0 Å². The van der Waals surface area contributed by atoms with E-state index < -0.39 is 12.6 Å². The Hall–Kier alpha value is -1.62. The van der Waals surface area contributed by atoms with Gasteiger partial charge in [-0.3, -0.25) is 0 Å². The quantitative estimate of drug-likeness (QED) is 0.797. The van der Waals surface area contributed by atoms with Crippen molar-refractivity contribution in [2.75, 3.05) is 13.8 Å². The van der Waals surface area contributed by atoms with Crippen LogP contribution in [0, 0.1) is 0 Å². The van der Waals surface area contributed by atoms with Crippen molar-refractivity contribution in [1.82, 2.24) is 0 Å². The molecule has 2 N–H and O–H groups in total. The second-order valence-electron chi connectivity index (χ2n) is 2.50. The van der Waals surface area contributed by atoms with Crippen LogP contribution in [-0.2, 0) is 11.4 Å². The zero-order valence-electron chi connectivity index (χ0n) is 8.31. The Labute approximate surface area is 86.9 Å². The number of halogens is 1. The number of carboxylic acids is 1. The largest absolute Gasteiger partial charge is 0.496 e. The average Bonchev–Trinajstić information content (AvgIpc) is 2.29. The number of para-hydroxylation sites is 1. The molecule has 1 rings (SSSR count). The first kappa shape index (κ1) is 13.4. The minimum Gasteiger partial charge on any atom is -0.496 e. The lowest BCUT2D eigenvalue weighted by molar-refractivity contribution is -0.137. The normalized spacial score (nSPS) is 8.73.